The van der Waals surface area contributed by atoms with Gasteiger partial charge in [-0.3, -0.25) is 9.78 Å². The number of pyridine rings is 1. The second-order valence-electron chi connectivity index (χ2n) is 3.67. The van der Waals surface area contributed by atoms with Crippen LogP contribution in [-0.2, 0) is 11.2 Å². The van der Waals surface area contributed by atoms with Crippen molar-refractivity contribution in [2.45, 2.75) is 12.6 Å². The summed E-state index contributed by atoms with van der Waals surface area (Å²) in [5.74, 6) is -3.64. The van der Waals surface area contributed by atoms with E-state index in [1.54, 1.807) is 24.5 Å². The van der Waals surface area contributed by atoms with E-state index in [1.165, 1.54) is 0 Å². The highest BCUT2D eigenvalue weighted by molar-refractivity contribution is 7.80. The molecule has 1 unspecified atom stereocenters. The number of nitrogens with one attached hydrogen (secondary N) is 1. The third-order valence-corrected chi connectivity index (χ3v) is 2.72. The zero-order valence-electron chi connectivity index (χ0n) is 9.85. The molecule has 0 bridgehead atoms. The third kappa shape index (κ3) is 6.15. The summed E-state index contributed by atoms with van der Waals surface area (Å²) in [5, 5.41) is 2.26. The van der Waals surface area contributed by atoms with Gasteiger partial charge in [0.05, 0.1) is 0 Å². The molecule has 0 aromatic carbocycles. The second-order valence-corrected chi connectivity index (χ2v) is 4.04. The van der Waals surface area contributed by atoms with Gasteiger partial charge in [0.2, 0.25) is 5.91 Å². The number of carbonyl (C=O) groups is 1. The van der Waals surface area contributed by atoms with Crippen molar-refractivity contribution in [3.8, 4) is 0 Å². The van der Waals surface area contributed by atoms with Gasteiger partial charge in [0.15, 0.2) is 0 Å². The predicted octanol–water partition coefficient (Wildman–Crippen LogP) is 2.27. The van der Waals surface area contributed by atoms with E-state index in [2.05, 4.69) is 22.9 Å². The first kappa shape index (κ1) is 18.0. The van der Waals surface area contributed by atoms with Crippen molar-refractivity contribution < 1.29 is 18.0 Å². The Morgan fingerprint density at radius 1 is 1.37 bits per heavy atom. The molecule has 0 saturated carbocycles. The number of thiol groups is 1. The van der Waals surface area contributed by atoms with Gasteiger partial charge < -0.3 is 5.32 Å². The molecule has 0 aliphatic rings. The summed E-state index contributed by atoms with van der Waals surface area (Å²) in [6, 6.07) is 3.48. The summed E-state index contributed by atoms with van der Waals surface area (Å²) >= 11 is 3.55. The fourth-order valence-corrected chi connectivity index (χ4v) is 1.71. The van der Waals surface area contributed by atoms with Crippen molar-refractivity contribution in [3.63, 3.8) is 0 Å². The third-order valence-electron chi connectivity index (χ3n) is 2.36. The van der Waals surface area contributed by atoms with Gasteiger partial charge in [-0.15, -0.1) is 12.4 Å². The average Bonchev–Trinajstić information content (AvgIpc) is 2.29. The van der Waals surface area contributed by atoms with E-state index in [-0.39, 0.29) is 19.0 Å². The second kappa shape index (κ2) is 8.27. The van der Waals surface area contributed by atoms with Crippen LogP contribution >= 0.6 is 25.0 Å². The van der Waals surface area contributed by atoms with Gasteiger partial charge in [-0.05, 0) is 24.1 Å². The number of hydrogen-bond acceptors (Lipinski definition) is 3. The summed E-state index contributed by atoms with van der Waals surface area (Å²) < 4.78 is 37.2. The van der Waals surface area contributed by atoms with Crippen LogP contribution in [-0.4, -0.2) is 29.4 Å². The number of alkyl halides is 3. The Bertz CT molecular complexity index is 389. The SMILES string of the molecule is Cl.O=C(NCCc1ccncc1)C(CS)C(F)(F)F. The summed E-state index contributed by atoms with van der Waals surface area (Å²) in [4.78, 5) is 15.1. The highest BCUT2D eigenvalue weighted by atomic mass is 35.5. The normalized spacial score (nSPS) is 12.4. The van der Waals surface area contributed by atoms with Crippen LogP contribution in [0.25, 0.3) is 0 Å². The van der Waals surface area contributed by atoms with E-state index >= 15 is 0 Å². The van der Waals surface area contributed by atoms with Crippen molar-refractivity contribution in [2.75, 3.05) is 12.3 Å². The maximum absolute atomic E-state index is 12.4. The molecule has 108 valence electrons. The minimum Gasteiger partial charge on any atom is -0.355 e. The number of amides is 1. The molecule has 1 aromatic rings. The maximum atomic E-state index is 12.4. The Morgan fingerprint density at radius 3 is 2.42 bits per heavy atom. The highest BCUT2D eigenvalue weighted by Crippen LogP contribution is 2.27. The standard InChI is InChI=1S/C11H13F3N2OS.ClH/c12-11(13,14)9(7-18)10(17)16-6-3-8-1-4-15-5-2-8;/h1-2,4-5,9,18H,3,6-7H2,(H,16,17);1H. The van der Waals surface area contributed by atoms with E-state index in [0.717, 1.165) is 5.56 Å². The summed E-state index contributed by atoms with van der Waals surface area (Å²) in [7, 11) is 0. The van der Waals surface area contributed by atoms with Crippen LogP contribution in [0.15, 0.2) is 24.5 Å². The van der Waals surface area contributed by atoms with Gasteiger partial charge in [0.25, 0.3) is 0 Å². The summed E-state index contributed by atoms with van der Waals surface area (Å²) in [5.41, 5.74) is 0.903. The molecule has 1 atom stereocenters. The van der Waals surface area contributed by atoms with Crippen molar-refractivity contribution >= 4 is 30.9 Å². The number of rotatable bonds is 5. The number of hydrogen-bond donors (Lipinski definition) is 2. The largest absolute Gasteiger partial charge is 0.401 e. The van der Waals surface area contributed by atoms with Gasteiger partial charge in [-0.2, -0.15) is 25.8 Å². The van der Waals surface area contributed by atoms with Crippen LogP contribution in [0.5, 0.6) is 0 Å². The van der Waals surface area contributed by atoms with E-state index in [1.807, 2.05) is 0 Å². The molecule has 3 nitrogen and oxygen atoms in total. The molecule has 0 radical (unpaired) electrons. The van der Waals surface area contributed by atoms with Crippen LogP contribution in [0.3, 0.4) is 0 Å². The molecule has 19 heavy (non-hydrogen) atoms. The molecule has 0 aliphatic carbocycles. The molecular weight excluding hydrogens is 301 g/mol. The maximum Gasteiger partial charge on any atom is 0.401 e. The first-order chi connectivity index (χ1) is 8.45. The fourth-order valence-electron chi connectivity index (χ4n) is 1.34. The van der Waals surface area contributed by atoms with Gasteiger partial charge >= 0.3 is 6.18 Å². The topological polar surface area (TPSA) is 42.0 Å². The minimum absolute atomic E-state index is 0. The van der Waals surface area contributed by atoms with Crippen LogP contribution in [0.1, 0.15) is 5.56 Å². The molecule has 8 heteroatoms. The van der Waals surface area contributed by atoms with Gasteiger partial charge in [0.1, 0.15) is 5.92 Å². The van der Waals surface area contributed by atoms with Gasteiger partial charge in [-0.25, -0.2) is 0 Å². The Balaban J connectivity index is 0.00000324. The Hall–Kier alpha value is -0.950. The van der Waals surface area contributed by atoms with Crippen molar-refractivity contribution in [2.24, 2.45) is 5.92 Å². The fraction of sp³-hybridized carbons (Fsp3) is 0.455. The minimum atomic E-state index is -4.55. The lowest BCUT2D eigenvalue weighted by Crippen LogP contribution is -2.41. The van der Waals surface area contributed by atoms with Crippen LogP contribution in [0, 0.1) is 5.92 Å². The first-order valence-electron chi connectivity index (χ1n) is 5.29. The lowest BCUT2D eigenvalue weighted by atomic mass is 10.1. The number of carbonyl (C=O) groups excluding carboxylic acids is 1. The smallest absolute Gasteiger partial charge is 0.355 e. The van der Waals surface area contributed by atoms with E-state index in [4.69, 9.17) is 0 Å². The lowest BCUT2D eigenvalue weighted by Gasteiger charge is -2.17. The van der Waals surface area contributed by atoms with Gasteiger partial charge in [-0.1, -0.05) is 0 Å². The number of halogens is 4. The molecule has 1 amide bonds. The molecule has 0 saturated heterocycles. The van der Waals surface area contributed by atoms with Crippen molar-refractivity contribution in [3.05, 3.63) is 30.1 Å². The Kier molecular flexibility index (Phi) is 7.85. The predicted molar refractivity (Wildman–Crippen MR) is 71.6 cm³/mol. The van der Waals surface area contributed by atoms with Crippen molar-refractivity contribution in [1.82, 2.24) is 10.3 Å². The number of aromatic nitrogens is 1. The Morgan fingerprint density at radius 2 is 1.95 bits per heavy atom. The molecule has 1 rings (SSSR count). The molecule has 0 fully saturated rings. The Labute approximate surface area is 120 Å². The van der Waals surface area contributed by atoms with Gasteiger partial charge in [0, 0.05) is 24.7 Å². The highest BCUT2D eigenvalue weighted by Gasteiger charge is 2.43. The molecule has 1 N–H and O–H groups in total. The first-order valence-corrected chi connectivity index (χ1v) is 5.92. The van der Waals surface area contributed by atoms with E-state index in [9.17, 15) is 18.0 Å². The number of nitrogens with zero attached hydrogens (tertiary/aromatic N) is 1. The average molecular weight is 315 g/mol. The quantitative estimate of drug-likeness (QED) is 0.819. The van der Waals surface area contributed by atoms with Crippen LogP contribution in [0.2, 0.25) is 0 Å². The molecule has 1 aromatic heterocycles. The monoisotopic (exact) mass is 314 g/mol. The van der Waals surface area contributed by atoms with Crippen LogP contribution < -0.4 is 5.32 Å². The molecule has 0 aliphatic heterocycles. The lowest BCUT2D eigenvalue weighted by molar-refractivity contribution is -0.177. The molecule has 1 heterocycles. The molecule has 0 spiro atoms. The zero-order chi connectivity index (χ0) is 13.6. The van der Waals surface area contributed by atoms with E-state index < -0.39 is 23.8 Å². The van der Waals surface area contributed by atoms with Crippen molar-refractivity contribution in [1.29, 1.82) is 0 Å². The van der Waals surface area contributed by atoms with Crippen LogP contribution in [0.4, 0.5) is 13.2 Å². The van der Waals surface area contributed by atoms with E-state index in [0.29, 0.717) is 6.42 Å². The zero-order valence-corrected chi connectivity index (χ0v) is 11.6. The summed E-state index contributed by atoms with van der Waals surface area (Å²) in [6.07, 6.45) is -0.916. The summed E-state index contributed by atoms with van der Waals surface area (Å²) in [6.45, 7) is 0.156. The molecular formula is C11H14ClF3N2OS.